The van der Waals surface area contributed by atoms with Gasteiger partial charge in [0.2, 0.25) is 0 Å². The molecular formula is C25H27N3O3. The molecule has 6 heteroatoms. The van der Waals surface area contributed by atoms with Crippen LogP contribution in [0, 0.1) is 6.92 Å². The molecule has 2 amide bonds. The van der Waals surface area contributed by atoms with E-state index in [9.17, 15) is 9.59 Å². The highest BCUT2D eigenvalue weighted by molar-refractivity contribution is 5.97. The van der Waals surface area contributed by atoms with Crippen LogP contribution < -0.4 is 5.32 Å². The number of carbonyl (C=O) groups excluding carboxylic acids is 2. The van der Waals surface area contributed by atoms with Crippen molar-refractivity contribution in [2.24, 2.45) is 0 Å². The third-order valence-electron chi connectivity index (χ3n) is 4.78. The predicted molar refractivity (Wildman–Crippen MR) is 120 cm³/mol. The van der Waals surface area contributed by atoms with E-state index in [-0.39, 0.29) is 11.8 Å². The summed E-state index contributed by atoms with van der Waals surface area (Å²) in [5.41, 5.74) is 4.47. The molecule has 1 heterocycles. The molecule has 0 saturated carbocycles. The second-order valence-corrected chi connectivity index (χ2v) is 7.51. The molecule has 0 aliphatic rings. The molecule has 0 fully saturated rings. The number of nitrogens with zero attached hydrogens (tertiary/aromatic N) is 2. The summed E-state index contributed by atoms with van der Waals surface area (Å²) < 4.78 is 5.79. The zero-order chi connectivity index (χ0) is 22.2. The van der Waals surface area contributed by atoms with E-state index < -0.39 is 0 Å². The molecule has 0 atom stereocenters. The molecular weight excluding hydrogens is 390 g/mol. The first kappa shape index (κ1) is 22.2. The number of benzene rings is 2. The van der Waals surface area contributed by atoms with Gasteiger partial charge in [-0.2, -0.15) is 0 Å². The molecule has 3 rings (SSSR count). The van der Waals surface area contributed by atoms with Gasteiger partial charge in [0, 0.05) is 20.6 Å². The second kappa shape index (κ2) is 10.5. The van der Waals surface area contributed by atoms with Crippen LogP contribution in [-0.4, -0.2) is 35.8 Å². The van der Waals surface area contributed by atoms with Crippen LogP contribution in [0.3, 0.4) is 0 Å². The van der Waals surface area contributed by atoms with E-state index in [2.05, 4.69) is 10.3 Å². The van der Waals surface area contributed by atoms with Crippen LogP contribution in [0.1, 0.15) is 43.2 Å². The van der Waals surface area contributed by atoms with Crippen molar-refractivity contribution in [1.29, 1.82) is 0 Å². The number of ether oxygens (including phenoxy) is 1. The lowest BCUT2D eigenvalue weighted by Gasteiger charge is -2.12. The van der Waals surface area contributed by atoms with Crippen LogP contribution in [0.5, 0.6) is 0 Å². The van der Waals surface area contributed by atoms with Gasteiger partial charge in [-0.3, -0.25) is 9.59 Å². The predicted octanol–water partition coefficient (Wildman–Crippen LogP) is 3.74. The van der Waals surface area contributed by atoms with Crippen molar-refractivity contribution in [2.45, 2.75) is 26.7 Å². The van der Waals surface area contributed by atoms with E-state index in [0.29, 0.717) is 36.7 Å². The number of nitrogens with one attached hydrogen (secondary N) is 1. The Balaban J connectivity index is 1.55. The van der Waals surface area contributed by atoms with E-state index in [0.717, 1.165) is 16.7 Å². The van der Waals surface area contributed by atoms with Crippen molar-refractivity contribution in [3.05, 3.63) is 100 Å². The van der Waals surface area contributed by atoms with Gasteiger partial charge in [-0.15, -0.1) is 0 Å². The van der Waals surface area contributed by atoms with E-state index in [1.807, 2.05) is 54.6 Å². The molecule has 0 aliphatic heterocycles. The highest BCUT2D eigenvalue weighted by atomic mass is 16.5. The van der Waals surface area contributed by atoms with Gasteiger partial charge in [0.05, 0.1) is 24.5 Å². The van der Waals surface area contributed by atoms with Crippen molar-refractivity contribution in [3.8, 4) is 0 Å². The molecule has 31 heavy (non-hydrogen) atoms. The summed E-state index contributed by atoms with van der Waals surface area (Å²) in [4.78, 5) is 30.4. The van der Waals surface area contributed by atoms with Crippen LogP contribution in [0.25, 0.3) is 0 Å². The molecule has 0 spiro atoms. The van der Waals surface area contributed by atoms with Gasteiger partial charge in [-0.05, 0) is 35.7 Å². The number of aryl methyl sites for hydroxylation is 1. The molecule has 2 aromatic carbocycles. The summed E-state index contributed by atoms with van der Waals surface area (Å²) in [6.07, 6.45) is 0. The average Bonchev–Trinajstić information content (AvgIpc) is 2.78. The summed E-state index contributed by atoms with van der Waals surface area (Å²) in [6, 6.07) is 21.2. The fourth-order valence-electron chi connectivity index (χ4n) is 3.12. The number of rotatable bonds is 8. The topological polar surface area (TPSA) is 71.5 Å². The molecule has 0 bridgehead atoms. The van der Waals surface area contributed by atoms with Gasteiger partial charge in [0.1, 0.15) is 5.69 Å². The standard InChI is InChI=1S/C25H27N3O3/c1-18-22(12-13-23(27-18)25(30)28(2)3)24(29)26-15-20-10-7-11-21(14-20)17-31-16-19-8-5-4-6-9-19/h4-14H,15-17H2,1-3H3,(H,26,29). The monoisotopic (exact) mass is 417 g/mol. The Hall–Kier alpha value is -3.51. The van der Waals surface area contributed by atoms with E-state index in [4.69, 9.17) is 4.74 Å². The maximum atomic E-state index is 12.6. The van der Waals surface area contributed by atoms with Crippen LogP contribution in [0.15, 0.2) is 66.7 Å². The maximum absolute atomic E-state index is 12.6. The third kappa shape index (κ3) is 6.23. The van der Waals surface area contributed by atoms with Gasteiger partial charge in [0.15, 0.2) is 0 Å². The fraction of sp³-hybridized carbons (Fsp3) is 0.240. The van der Waals surface area contributed by atoms with Crippen LogP contribution in [0.2, 0.25) is 0 Å². The average molecular weight is 418 g/mol. The van der Waals surface area contributed by atoms with Crippen molar-refractivity contribution in [1.82, 2.24) is 15.2 Å². The molecule has 1 N–H and O–H groups in total. The quantitative estimate of drug-likeness (QED) is 0.606. The molecule has 160 valence electrons. The Bertz CT molecular complexity index is 1050. The molecule has 0 aliphatic carbocycles. The minimum atomic E-state index is -0.223. The van der Waals surface area contributed by atoms with E-state index >= 15 is 0 Å². The first-order chi connectivity index (χ1) is 14.9. The minimum absolute atomic E-state index is 0.193. The van der Waals surface area contributed by atoms with Gasteiger partial charge >= 0.3 is 0 Å². The summed E-state index contributed by atoms with van der Waals surface area (Å²) in [6.45, 7) is 3.18. The number of hydrogen-bond donors (Lipinski definition) is 1. The Morgan fingerprint density at radius 3 is 2.29 bits per heavy atom. The number of hydrogen-bond acceptors (Lipinski definition) is 4. The summed E-state index contributed by atoms with van der Waals surface area (Å²) in [7, 11) is 3.33. The Kier molecular flexibility index (Phi) is 7.51. The van der Waals surface area contributed by atoms with Crippen LogP contribution >= 0.6 is 0 Å². The normalized spacial score (nSPS) is 10.5. The molecule has 0 saturated heterocycles. The number of aromatic nitrogens is 1. The lowest BCUT2D eigenvalue weighted by molar-refractivity contribution is 0.0820. The lowest BCUT2D eigenvalue weighted by Crippen LogP contribution is -2.26. The Morgan fingerprint density at radius 2 is 1.58 bits per heavy atom. The molecule has 0 unspecified atom stereocenters. The van der Waals surface area contributed by atoms with Gasteiger partial charge in [-0.1, -0.05) is 54.6 Å². The van der Waals surface area contributed by atoms with Crippen LogP contribution in [-0.2, 0) is 24.5 Å². The second-order valence-electron chi connectivity index (χ2n) is 7.51. The smallest absolute Gasteiger partial charge is 0.271 e. The van der Waals surface area contributed by atoms with Crippen LogP contribution in [0.4, 0.5) is 0 Å². The fourth-order valence-corrected chi connectivity index (χ4v) is 3.12. The minimum Gasteiger partial charge on any atom is -0.372 e. The third-order valence-corrected chi connectivity index (χ3v) is 4.78. The summed E-state index contributed by atoms with van der Waals surface area (Å²) >= 11 is 0. The maximum Gasteiger partial charge on any atom is 0.271 e. The molecule has 0 radical (unpaired) electrons. The highest BCUT2D eigenvalue weighted by Gasteiger charge is 2.15. The first-order valence-electron chi connectivity index (χ1n) is 10.1. The summed E-state index contributed by atoms with van der Waals surface area (Å²) in [5, 5.41) is 2.92. The highest BCUT2D eigenvalue weighted by Crippen LogP contribution is 2.11. The van der Waals surface area contributed by atoms with Crippen molar-refractivity contribution >= 4 is 11.8 Å². The van der Waals surface area contributed by atoms with Crippen molar-refractivity contribution in [3.63, 3.8) is 0 Å². The zero-order valence-corrected chi connectivity index (χ0v) is 18.1. The van der Waals surface area contributed by atoms with Crippen molar-refractivity contribution in [2.75, 3.05) is 14.1 Å². The first-order valence-corrected chi connectivity index (χ1v) is 10.1. The van der Waals surface area contributed by atoms with E-state index in [1.165, 1.54) is 4.90 Å². The molecule has 6 nitrogen and oxygen atoms in total. The Labute approximate surface area is 182 Å². The molecule has 3 aromatic rings. The SMILES string of the molecule is Cc1nc(C(=O)N(C)C)ccc1C(=O)NCc1cccc(COCc2ccccc2)c1. The van der Waals surface area contributed by atoms with Gasteiger partial charge in [0.25, 0.3) is 11.8 Å². The van der Waals surface area contributed by atoms with E-state index in [1.54, 1.807) is 33.2 Å². The summed E-state index contributed by atoms with van der Waals surface area (Å²) in [5.74, 6) is -0.416. The van der Waals surface area contributed by atoms with Crippen molar-refractivity contribution < 1.29 is 14.3 Å². The number of amides is 2. The Morgan fingerprint density at radius 1 is 0.903 bits per heavy atom. The van der Waals surface area contributed by atoms with Gasteiger partial charge < -0.3 is 15.0 Å². The number of carbonyl (C=O) groups is 2. The molecule has 1 aromatic heterocycles. The zero-order valence-electron chi connectivity index (χ0n) is 18.1. The van der Waals surface area contributed by atoms with Gasteiger partial charge in [-0.25, -0.2) is 4.98 Å². The number of pyridine rings is 1. The largest absolute Gasteiger partial charge is 0.372 e. The lowest BCUT2D eigenvalue weighted by atomic mass is 10.1.